The Balaban J connectivity index is 2.10. The molecule has 0 unspecified atom stereocenters. The zero-order chi connectivity index (χ0) is 16.3. The third-order valence-electron chi connectivity index (χ3n) is 3.65. The Morgan fingerprint density at radius 1 is 0.957 bits per heavy atom. The second kappa shape index (κ2) is 6.79. The fraction of sp³-hybridized carbons (Fsp3) is 0.278. The van der Waals surface area contributed by atoms with Gasteiger partial charge < -0.3 is 9.05 Å². The Hall–Kier alpha value is -1.74. The zero-order valence-corrected chi connectivity index (χ0v) is 14.3. The molecule has 0 saturated heterocycles. The SMILES string of the molecule is CCOP(=O)(Cc1cccc2cc3ccccc3nc12)OCC. The largest absolute Gasteiger partial charge is 0.335 e. The Morgan fingerprint density at radius 2 is 1.65 bits per heavy atom. The first-order valence-electron chi connectivity index (χ1n) is 7.80. The minimum Gasteiger partial charge on any atom is -0.309 e. The number of para-hydroxylation sites is 2. The van der Waals surface area contributed by atoms with E-state index < -0.39 is 7.60 Å². The molecule has 0 spiro atoms. The molecule has 0 atom stereocenters. The van der Waals surface area contributed by atoms with Crippen molar-refractivity contribution in [3.8, 4) is 0 Å². The number of rotatable bonds is 6. The van der Waals surface area contributed by atoms with Crippen LogP contribution in [0.2, 0.25) is 0 Å². The van der Waals surface area contributed by atoms with E-state index in [0.717, 1.165) is 27.4 Å². The van der Waals surface area contributed by atoms with Gasteiger partial charge in [0.1, 0.15) is 0 Å². The number of benzene rings is 2. The molecule has 0 amide bonds. The van der Waals surface area contributed by atoms with Crippen LogP contribution in [0, 0.1) is 0 Å². The molecule has 1 heterocycles. The van der Waals surface area contributed by atoms with Gasteiger partial charge in [-0.05, 0) is 31.5 Å². The summed E-state index contributed by atoms with van der Waals surface area (Å²) in [6.45, 7) is 4.36. The van der Waals surface area contributed by atoms with Gasteiger partial charge >= 0.3 is 7.60 Å². The molecule has 0 aliphatic rings. The lowest BCUT2D eigenvalue weighted by Gasteiger charge is -2.17. The second-order valence-corrected chi connectivity index (χ2v) is 7.33. The second-order valence-electron chi connectivity index (χ2n) is 5.27. The topological polar surface area (TPSA) is 48.4 Å². The van der Waals surface area contributed by atoms with Gasteiger partial charge in [0.05, 0.1) is 30.4 Å². The van der Waals surface area contributed by atoms with Crippen molar-refractivity contribution < 1.29 is 13.6 Å². The standard InChI is InChI=1S/C18H20NO3P/c1-3-21-23(20,22-4-2)13-16-10-7-9-15-12-14-8-5-6-11-17(14)19-18(15)16/h5-12H,3-4,13H2,1-2H3. The van der Waals surface area contributed by atoms with Crippen LogP contribution in [0.25, 0.3) is 21.8 Å². The zero-order valence-electron chi connectivity index (χ0n) is 13.4. The summed E-state index contributed by atoms with van der Waals surface area (Å²) >= 11 is 0. The van der Waals surface area contributed by atoms with Crippen LogP contribution in [0.15, 0.2) is 48.5 Å². The molecule has 3 rings (SSSR count). The summed E-state index contributed by atoms with van der Waals surface area (Å²) in [7, 11) is -3.15. The average Bonchev–Trinajstić information content (AvgIpc) is 2.54. The monoisotopic (exact) mass is 329 g/mol. The van der Waals surface area contributed by atoms with Crippen LogP contribution in [-0.4, -0.2) is 18.2 Å². The molecule has 4 nitrogen and oxygen atoms in total. The molecule has 0 aliphatic carbocycles. The summed E-state index contributed by atoms with van der Waals surface area (Å²) in [5.74, 6) is 0. The Kier molecular flexibility index (Phi) is 4.76. The van der Waals surface area contributed by atoms with Crippen molar-refractivity contribution in [3.63, 3.8) is 0 Å². The summed E-state index contributed by atoms with van der Waals surface area (Å²) < 4.78 is 23.6. The lowest BCUT2D eigenvalue weighted by Crippen LogP contribution is -2.00. The fourth-order valence-electron chi connectivity index (χ4n) is 2.72. The lowest BCUT2D eigenvalue weighted by molar-refractivity contribution is 0.219. The van der Waals surface area contributed by atoms with Crippen LogP contribution in [0.4, 0.5) is 0 Å². The fourth-order valence-corrected chi connectivity index (χ4v) is 4.44. The Labute approximate surface area is 136 Å². The van der Waals surface area contributed by atoms with E-state index in [-0.39, 0.29) is 6.16 Å². The van der Waals surface area contributed by atoms with Crippen molar-refractivity contribution in [2.75, 3.05) is 13.2 Å². The normalized spacial score (nSPS) is 12.1. The van der Waals surface area contributed by atoms with Gasteiger partial charge in [-0.1, -0.05) is 36.4 Å². The van der Waals surface area contributed by atoms with Gasteiger partial charge in [-0.15, -0.1) is 0 Å². The quantitative estimate of drug-likeness (QED) is 0.463. The van der Waals surface area contributed by atoms with Crippen molar-refractivity contribution >= 4 is 29.4 Å². The Bertz CT molecular complexity index is 868. The maximum atomic E-state index is 12.8. The van der Waals surface area contributed by atoms with E-state index in [1.54, 1.807) is 0 Å². The van der Waals surface area contributed by atoms with E-state index in [0.29, 0.717) is 13.2 Å². The van der Waals surface area contributed by atoms with E-state index in [4.69, 9.17) is 14.0 Å². The van der Waals surface area contributed by atoms with Gasteiger partial charge in [0, 0.05) is 10.8 Å². The molecule has 0 radical (unpaired) electrons. The molecule has 0 N–H and O–H groups in total. The van der Waals surface area contributed by atoms with Crippen molar-refractivity contribution in [2.24, 2.45) is 0 Å². The molecule has 120 valence electrons. The van der Waals surface area contributed by atoms with Gasteiger partial charge in [-0.3, -0.25) is 4.57 Å². The number of pyridine rings is 1. The predicted molar refractivity (Wildman–Crippen MR) is 93.8 cm³/mol. The minimum atomic E-state index is -3.15. The third-order valence-corrected chi connectivity index (χ3v) is 5.68. The highest BCUT2D eigenvalue weighted by molar-refractivity contribution is 7.53. The van der Waals surface area contributed by atoms with Gasteiger partial charge in [0.2, 0.25) is 0 Å². The van der Waals surface area contributed by atoms with Gasteiger partial charge in [-0.25, -0.2) is 4.98 Å². The van der Waals surface area contributed by atoms with Crippen LogP contribution in [0.1, 0.15) is 19.4 Å². The highest BCUT2D eigenvalue weighted by Crippen LogP contribution is 2.51. The first kappa shape index (κ1) is 16.1. The predicted octanol–water partition coefficient (Wildman–Crippen LogP) is 5.15. The van der Waals surface area contributed by atoms with Gasteiger partial charge in [-0.2, -0.15) is 0 Å². The third kappa shape index (κ3) is 3.45. The molecular weight excluding hydrogens is 309 g/mol. The number of hydrogen-bond donors (Lipinski definition) is 0. The molecule has 1 aromatic heterocycles. The van der Waals surface area contributed by atoms with E-state index in [2.05, 4.69) is 6.07 Å². The first-order chi connectivity index (χ1) is 11.1. The molecule has 0 saturated carbocycles. The van der Waals surface area contributed by atoms with Crippen LogP contribution in [-0.2, 0) is 19.8 Å². The molecule has 0 aliphatic heterocycles. The van der Waals surface area contributed by atoms with Crippen LogP contribution in [0.3, 0.4) is 0 Å². The average molecular weight is 329 g/mol. The highest BCUT2D eigenvalue weighted by atomic mass is 31.2. The van der Waals surface area contributed by atoms with Crippen LogP contribution < -0.4 is 0 Å². The van der Waals surface area contributed by atoms with Crippen molar-refractivity contribution in [1.29, 1.82) is 0 Å². The first-order valence-corrected chi connectivity index (χ1v) is 9.53. The number of fused-ring (bicyclic) bond motifs is 2. The summed E-state index contributed by atoms with van der Waals surface area (Å²) in [6.07, 6.45) is 0.233. The summed E-state index contributed by atoms with van der Waals surface area (Å²) in [5.41, 5.74) is 2.67. The number of aromatic nitrogens is 1. The maximum Gasteiger partial charge on any atom is 0.335 e. The lowest BCUT2D eigenvalue weighted by atomic mass is 10.1. The molecule has 2 aromatic carbocycles. The summed E-state index contributed by atoms with van der Waals surface area (Å²) in [5, 5.41) is 2.12. The summed E-state index contributed by atoms with van der Waals surface area (Å²) in [4.78, 5) is 4.75. The maximum absolute atomic E-state index is 12.8. The van der Waals surface area contributed by atoms with Crippen molar-refractivity contribution in [1.82, 2.24) is 4.98 Å². The smallest absolute Gasteiger partial charge is 0.309 e. The molecule has 23 heavy (non-hydrogen) atoms. The van der Waals surface area contributed by atoms with Gasteiger partial charge in [0.15, 0.2) is 0 Å². The number of hydrogen-bond acceptors (Lipinski definition) is 4. The number of nitrogens with zero attached hydrogens (tertiary/aromatic N) is 1. The van der Waals surface area contributed by atoms with Crippen LogP contribution >= 0.6 is 7.60 Å². The summed E-state index contributed by atoms with van der Waals surface area (Å²) in [6, 6.07) is 16.0. The van der Waals surface area contributed by atoms with Crippen LogP contribution in [0.5, 0.6) is 0 Å². The highest BCUT2D eigenvalue weighted by Gasteiger charge is 2.25. The van der Waals surface area contributed by atoms with Crippen molar-refractivity contribution in [2.45, 2.75) is 20.0 Å². The van der Waals surface area contributed by atoms with E-state index in [1.165, 1.54) is 0 Å². The van der Waals surface area contributed by atoms with Crippen molar-refractivity contribution in [3.05, 3.63) is 54.1 Å². The Morgan fingerprint density at radius 3 is 2.39 bits per heavy atom. The van der Waals surface area contributed by atoms with E-state index in [1.807, 2.05) is 56.3 Å². The molecule has 5 heteroatoms. The molecule has 0 bridgehead atoms. The van der Waals surface area contributed by atoms with E-state index >= 15 is 0 Å². The molecule has 3 aromatic rings. The minimum absolute atomic E-state index is 0.233. The molecular formula is C18H20NO3P. The van der Waals surface area contributed by atoms with Gasteiger partial charge in [0.25, 0.3) is 0 Å². The van der Waals surface area contributed by atoms with E-state index in [9.17, 15) is 4.57 Å². The molecule has 0 fully saturated rings.